The van der Waals surface area contributed by atoms with Crippen LogP contribution in [0.15, 0.2) is 77.5 Å². The van der Waals surface area contributed by atoms with Gasteiger partial charge in [0.05, 0.1) is 38.2 Å². The third-order valence-electron chi connectivity index (χ3n) is 24.0. The molecule has 4 saturated heterocycles. The number of methoxy groups -OCH3 is 2. The number of rotatable bonds is 19. The van der Waals surface area contributed by atoms with Gasteiger partial charge in [-0.05, 0) is 243 Å². The van der Waals surface area contributed by atoms with E-state index >= 15 is 0 Å². The van der Waals surface area contributed by atoms with E-state index in [-0.39, 0.29) is 105 Å². The lowest BCUT2D eigenvalue weighted by atomic mass is 9.83. The number of hydrogen-bond acceptors (Lipinski definition) is 22. The first kappa shape index (κ1) is 85.2. The zero-order valence-electron chi connectivity index (χ0n) is 69.9. The lowest BCUT2D eigenvalue weighted by Crippen LogP contribution is -2.56. The van der Waals surface area contributed by atoms with Crippen molar-refractivity contribution in [1.82, 2.24) is 40.2 Å². The minimum absolute atomic E-state index is 0.0362. The summed E-state index contributed by atoms with van der Waals surface area (Å²) < 4.78 is 44.6. The maximum Gasteiger partial charge on any atom is 0.411 e. The molecule has 4 aromatic carbocycles. The number of carbonyl (C=O) groups is 10. The first-order chi connectivity index (χ1) is 56.1. The number of imidazole rings is 1. The smallest absolute Gasteiger partial charge is 0.411 e. The number of likely N-dealkylation sites (tertiary alicyclic amines) is 4. The normalized spacial score (nSPS) is 22.6. The van der Waals surface area contributed by atoms with Crippen LogP contribution in [0.1, 0.15) is 214 Å². The van der Waals surface area contributed by atoms with E-state index < -0.39 is 90.0 Å². The van der Waals surface area contributed by atoms with Gasteiger partial charge in [0, 0.05) is 78.5 Å². The molecule has 632 valence electrons. The highest BCUT2D eigenvalue weighted by Gasteiger charge is 2.49. The Balaban J connectivity index is 0.000000205. The SMILES string of the molecule is COC(=O)N[C@H](C(=O)N1C(C(=O)OC2CCc3cc4c(cc3C2=O)OCc2cc(C(=O)COC(=O)[C@@H]3C[C@H](CCO)CN3C(=O)OC(C)(C)C)ccc2-4)CC[C@@H]1C)C(C)C.COC(=O)N[C@H](C(=O)N1[C@@H](C)CC[C@H]1C1=NC2=C(C1)c1cc3c(cc1CC2)-c1ccc(-c2cnc([C@@H]4C[C@H](CCO)CN4C(=O)OC(C)(C)C)[nH]2)cc1CO3)C(C)C. The van der Waals surface area contributed by atoms with Crippen LogP contribution in [-0.4, -0.2) is 212 Å². The van der Waals surface area contributed by atoms with Crippen LogP contribution >= 0.6 is 0 Å². The molecule has 0 saturated carbocycles. The van der Waals surface area contributed by atoms with E-state index in [2.05, 4.69) is 52.9 Å². The highest BCUT2D eigenvalue weighted by molar-refractivity contribution is 6.07. The maximum absolute atomic E-state index is 14.0. The fourth-order valence-electron chi connectivity index (χ4n) is 17.9. The number of ketones is 2. The number of aromatic amines is 1. The third-order valence-corrected chi connectivity index (χ3v) is 24.0. The molecule has 8 heterocycles. The van der Waals surface area contributed by atoms with Gasteiger partial charge in [-0.3, -0.25) is 34.0 Å². The number of aromatic nitrogens is 2. The lowest BCUT2D eigenvalue weighted by Gasteiger charge is -2.34. The number of esters is 2. The molecule has 7 aliphatic heterocycles. The van der Waals surface area contributed by atoms with E-state index in [1.165, 1.54) is 40.7 Å². The third kappa shape index (κ3) is 18.1. The van der Waals surface area contributed by atoms with Crippen LogP contribution in [0.5, 0.6) is 11.5 Å². The van der Waals surface area contributed by atoms with Crippen molar-refractivity contribution in [3.05, 3.63) is 117 Å². The maximum atomic E-state index is 14.0. The summed E-state index contributed by atoms with van der Waals surface area (Å²) in [5.74, 6) is -1.06. The Bertz CT molecular complexity index is 4820. The minimum atomic E-state index is -1.06. The van der Waals surface area contributed by atoms with E-state index in [0.717, 1.165) is 93.0 Å². The van der Waals surface area contributed by atoms with Crippen molar-refractivity contribution in [1.29, 1.82) is 0 Å². The molecule has 2 unspecified atom stereocenters. The Hall–Kier alpha value is -10.7. The molecule has 0 spiro atoms. The number of allylic oxidation sites excluding steroid dienone is 2. The molecule has 0 bridgehead atoms. The number of Topliss-reactive ketones (excluding diaryl/α,β-unsaturated/α-hetero) is 2. The van der Waals surface area contributed by atoms with Gasteiger partial charge in [-0.1, -0.05) is 52.0 Å². The second kappa shape index (κ2) is 35.1. The van der Waals surface area contributed by atoms with Gasteiger partial charge in [0.25, 0.3) is 0 Å². The highest BCUT2D eigenvalue weighted by atomic mass is 16.6. The second-order valence-corrected chi connectivity index (χ2v) is 35.2. The standard InChI is InChI=1S/C45H56N6O7.C44H55N3O13/c1-24(2)40(49-43(54)56-7)42(53)51-25(3)8-13-37(51)35-19-32-31-20-39-33(18-27(31)10-12-34(32)47-35)30-11-9-28(17-29(30)23-57-39)36-21-46-41(48-36)38-16-26(14-15-52)22-50(38)44(55)58-45(4,5)6;1-23(2)37(45-42(54)56-7)39(51)47-24(3)8-12-32(47)41(53)59-35-13-10-26-18-31-29-11-9-27(17-28(29)21-57-36(31)19-30(26)38(35)50)34(49)22-58-40(52)33-16-25(14-15-48)20-46(33)43(55)60-44(4,5)6/h9,11,17-18,20-21,24-26,37-38,40,52H,8,10,12-16,19,22-23H2,1-7H3,(H,46,48)(H,49,54);9,11,17-19,23-25,32-33,35,37,48H,8,10,12-16,20-22H2,1-7H3,(H,45,54)/t25-,26-,37-,38-,40-;24-,25-,32?,33-,35?,37-/m00/s1. The van der Waals surface area contributed by atoms with E-state index in [4.69, 9.17) is 47.9 Å². The van der Waals surface area contributed by atoms with Crippen molar-refractivity contribution in [3.8, 4) is 45.0 Å². The summed E-state index contributed by atoms with van der Waals surface area (Å²) in [5, 5.41) is 24.4. The molecule has 1 aromatic heterocycles. The number of aliphatic hydroxyl groups excluding tert-OH is 2. The number of nitrogens with zero attached hydrogens (tertiary/aromatic N) is 6. The topological polar surface area (TPSA) is 363 Å². The van der Waals surface area contributed by atoms with Gasteiger partial charge in [-0.25, -0.2) is 33.8 Å². The number of nitrogens with one attached hydrogen (secondary N) is 3. The van der Waals surface area contributed by atoms with Crippen LogP contribution in [0.25, 0.3) is 39.1 Å². The van der Waals surface area contributed by atoms with Gasteiger partial charge < -0.3 is 73.5 Å². The number of hydrogen-bond donors (Lipinski definition) is 5. The number of aliphatic imine (C=N–C) groups is 1. The van der Waals surface area contributed by atoms with E-state index in [9.17, 15) is 58.2 Å². The molecule has 2 aliphatic carbocycles. The number of carbonyl (C=O) groups excluding carboxylic acids is 10. The molecule has 0 radical (unpaired) electrons. The van der Waals surface area contributed by atoms with Crippen LogP contribution in [-0.2, 0) is 73.7 Å². The first-order valence-electron chi connectivity index (χ1n) is 41.3. The summed E-state index contributed by atoms with van der Waals surface area (Å²) >= 11 is 0. The average molecular weight is 1630 g/mol. The van der Waals surface area contributed by atoms with Gasteiger partial charge in [-0.2, -0.15) is 0 Å². The monoisotopic (exact) mass is 1630 g/mol. The Labute approximate surface area is 687 Å². The number of aliphatic hydroxyl groups is 2. The predicted molar refractivity (Wildman–Crippen MR) is 434 cm³/mol. The predicted octanol–water partition coefficient (Wildman–Crippen LogP) is 12.4. The number of ether oxygens (including phenoxy) is 8. The van der Waals surface area contributed by atoms with Crippen molar-refractivity contribution in [3.63, 3.8) is 0 Å². The van der Waals surface area contributed by atoms with Gasteiger partial charge in [-0.15, -0.1) is 0 Å². The fraction of sp³-hybridized carbons (Fsp3) is 0.551. The van der Waals surface area contributed by atoms with Crippen molar-refractivity contribution in [2.45, 2.75) is 245 Å². The molecule has 29 heteroatoms. The van der Waals surface area contributed by atoms with Crippen LogP contribution in [0.2, 0.25) is 0 Å². The zero-order valence-corrected chi connectivity index (χ0v) is 69.9. The van der Waals surface area contributed by atoms with Crippen LogP contribution in [0.4, 0.5) is 19.2 Å². The highest BCUT2D eigenvalue weighted by Crippen LogP contribution is 2.49. The molecule has 29 nitrogen and oxygen atoms in total. The minimum Gasteiger partial charge on any atom is -0.488 e. The summed E-state index contributed by atoms with van der Waals surface area (Å²) in [4.78, 5) is 152. The summed E-state index contributed by atoms with van der Waals surface area (Å²) in [7, 11) is 2.52. The number of aryl methyl sites for hydroxylation is 2. The van der Waals surface area contributed by atoms with Crippen molar-refractivity contribution < 1.29 is 96.1 Å². The second-order valence-electron chi connectivity index (χ2n) is 35.2. The Morgan fingerprint density at radius 3 is 1.79 bits per heavy atom. The van der Waals surface area contributed by atoms with Gasteiger partial charge in [0.1, 0.15) is 65.9 Å². The van der Waals surface area contributed by atoms with Crippen LogP contribution in [0, 0.1) is 23.7 Å². The molecule has 11 atom stereocenters. The van der Waals surface area contributed by atoms with E-state index in [0.29, 0.717) is 80.8 Å². The first-order valence-corrected chi connectivity index (χ1v) is 41.3. The zero-order chi connectivity index (χ0) is 84.7. The van der Waals surface area contributed by atoms with Gasteiger partial charge in [0.15, 0.2) is 18.5 Å². The van der Waals surface area contributed by atoms with Gasteiger partial charge in [0.2, 0.25) is 17.6 Å². The van der Waals surface area contributed by atoms with Crippen molar-refractivity contribution in [2.24, 2.45) is 28.7 Å². The van der Waals surface area contributed by atoms with Crippen molar-refractivity contribution >= 4 is 71.0 Å². The van der Waals surface area contributed by atoms with Gasteiger partial charge >= 0.3 is 36.3 Å². The Kier molecular flexibility index (Phi) is 25.3. The summed E-state index contributed by atoms with van der Waals surface area (Å²) in [6, 6.07) is 15.4. The Morgan fingerprint density at radius 2 is 1.17 bits per heavy atom. The fourth-order valence-corrected chi connectivity index (χ4v) is 17.9. The number of benzene rings is 4. The molecule has 4 fully saturated rings. The summed E-state index contributed by atoms with van der Waals surface area (Å²) in [6.07, 6.45) is 6.04. The summed E-state index contributed by atoms with van der Waals surface area (Å²) in [5.41, 5.74) is 13.2. The van der Waals surface area contributed by atoms with E-state index in [1.54, 1.807) is 63.8 Å². The number of amides is 6. The number of alkyl carbamates (subject to hydrolysis) is 2. The van der Waals surface area contributed by atoms with Crippen LogP contribution < -0.4 is 20.1 Å². The van der Waals surface area contributed by atoms with Crippen molar-refractivity contribution in [2.75, 3.05) is 47.1 Å². The summed E-state index contributed by atoms with van der Waals surface area (Å²) in [6.45, 7) is 22.8. The average Bonchev–Trinajstić information content (AvgIpc) is 1.34. The molecular weight excluding hydrogens is 1520 g/mol. The molecule has 9 aliphatic rings. The molecule has 5 N–H and O–H groups in total. The number of H-pyrrole nitrogens is 1. The number of fused-ring (bicyclic) bond motifs is 9. The molecule has 6 amide bonds. The quantitative estimate of drug-likeness (QED) is 0.0291. The Morgan fingerprint density at radius 1 is 0.602 bits per heavy atom. The largest absolute Gasteiger partial charge is 0.488 e. The molecule has 5 aromatic rings. The van der Waals surface area contributed by atoms with E-state index in [1.807, 2.05) is 58.7 Å². The lowest BCUT2D eigenvalue weighted by molar-refractivity contribution is -0.158. The van der Waals surface area contributed by atoms with Crippen LogP contribution in [0.3, 0.4) is 0 Å². The molecule has 14 rings (SSSR count). The molecule has 118 heavy (non-hydrogen) atoms. The molecular formula is C89H111N9O20.